The Morgan fingerprint density at radius 3 is 2.55 bits per heavy atom. The summed E-state index contributed by atoms with van der Waals surface area (Å²) < 4.78 is 14.6. The lowest BCUT2D eigenvalue weighted by Gasteiger charge is -2.09. The smallest absolute Gasteiger partial charge is 0.269 e. The number of nitro groups is 1. The number of rotatable bonds is 5. The number of hydrogen-bond donors (Lipinski definition) is 2. The molecule has 1 unspecified atom stereocenters. The van der Waals surface area contributed by atoms with Crippen LogP contribution < -0.4 is 10.6 Å². The van der Waals surface area contributed by atoms with E-state index >= 15 is 0 Å². The van der Waals surface area contributed by atoms with Gasteiger partial charge in [-0.15, -0.1) is 0 Å². The van der Waals surface area contributed by atoms with Crippen LogP contribution >= 0.6 is 0 Å². The van der Waals surface area contributed by atoms with Crippen molar-refractivity contribution in [3.05, 3.63) is 70.7 Å². The van der Waals surface area contributed by atoms with Crippen molar-refractivity contribution in [2.45, 2.75) is 12.5 Å². The highest BCUT2D eigenvalue weighted by Gasteiger charge is 2.35. The second kappa shape index (κ2) is 7.15. The van der Waals surface area contributed by atoms with Crippen LogP contribution in [0.15, 0.2) is 54.7 Å². The number of hydrogen-bond acceptors (Lipinski definition) is 5. The van der Waals surface area contributed by atoms with E-state index in [-0.39, 0.29) is 23.8 Å². The van der Waals surface area contributed by atoms with Gasteiger partial charge in [0.25, 0.3) is 11.6 Å². The van der Waals surface area contributed by atoms with E-state index < -0.39 is 16.9 Å². The number of anilines is 2. The number of halogens is 1. The largest absolute Gasteiger partial charge is 0.326 e. The molecule has 146 valence electrons. The first kappa shape index (κ1) is 18.3. The van der Waals surface area contributed by atoms with Crippen LogP contribution in [0.1, 0.15) is 12.5 Å². The molecule has 0 saturated carbocycles. The normalized spacial score (nSPS) is 14.9. The summed E-state index contributed by atoms with van der Waals surface area (Å²) >= 11 is 0. The van der Waals surface area contributed by atoms with Crippen LogP contribution in [0.4, 0.5) is 21.6 Å². The molecule has 0 fully saturated rings. The highest BCUT2D eigenvalue weighted by Crippen LogP contribution is 2.35. The molecule has 0 radical (unpaired) electrons. The van der Waals surface area contributed by atoms with Crippen molar-refractivity contribution in [3.63, 3.8) is 0 Å². The summed E-state index contributed by atoms with van der Waals surface area (Å²) in [6.45, 7) is 0. The third-order valence-corrected chi connectivity index (χ3v) is 4.53. The molecular weight excluding hydrogens is 381 g/mol. The van der Waals surface area contributed by atoms with Gasteiger partial charge in [0.05, 0.1) is 17.5 Å². The predicted octanol–water partition coefficient (Wildman–Crippen LogP) is 3.12. The molecule has 0 bridgehead atoms. The molecule has 1 aromatic heterocycles. The number of nitrogens with zero attached hydrogens (tertiary/aromatic N) is 3. The van der Waals surface area contributed by atoms with Gasteiger partial charge in [0.2, 0.25) is 5.91 Å². The Labute approximate surface area is 163 Å². The van der Waals surface area contributed by atoms with Gasteiger partial charge in [-0.2, -0.15) is 5.10 Å². The molecule has 1 aliphatic heterocycles. The number of benzene rings is 2. The Kier molecular flexibility index (Phi) is 4.51. The molecule has 29 heavy (non-hydrogen) atoms. The summed E-state index contributed by atoms with van der Waals surface area (Å²) in [6.07, 6.45) is 1.38. The maximum atomic E-state index is 13.1. The third kappa shape index (κ3) is 3.55. The van der Waals surface area contributed by atoms with E-state index in [2.05, 4.69) is 15.7 Å². The summed E-state index contributed by atoms with van der Waals surface area (Å²) in [7, 11) is 0. The summed E-state index contributed by atoms with van der Waals surface area (Å²) in [5.41, 5.74) is 1.60. The lowest BCUT2D eigenvalue weighted by Crippen LogP contribution is -2.23. The number of non-ortho nitro benzene ring substituents is 1. The van der Waals surface area contributed by atoms with Crippen molar-refractivity contribution in [2.24, 2.45) is 0 Å². The monoisotopic (exact) mass is 395 g/mol. The molecule has 2 heterocycles. The van der Waals surface area contributed by atoms with E-state index in [9.17, 15) is 24.1 Å². The van der Waals surface area contributed by atoms with Crippen molar-refractivity contribution < 1.29 is 18.9 Å². The third-order valence-electron chi connectivity index (χ3n) is 4.53. The number of nitro benzene ring substituents is 1. The molecule has 4 rings (SSSR count). The molecule has 0 spiro atoms. The van der Waals surface area contributed by atoms with Gasteiger partial charge in [-0.05, 0) is 29.8 Å². The van der Waals surface area contributed by atoms with Gasteiger partial charge in [0.1, 0.15) is 17.7 Å². The number of carbonyl (C=O) groups excluding carboxylic acids is 2. The van der Waals surface area contributed by atoms with Crippen LogP contribution in [0.25, 0.3) is 11.1 Å². The van der Waals surface area contributed by atoms with Crippen LogP contribution in [-0.2, 0) is 9.59 Å². The topological polar surface area (TPSA) is 119 Å². The van der Waals surface area contributed by atoms with Crippen molar-refractivity contribution in [1.82, 2.24) is 9.78 Å². The Morgan fingerprint density at radius 1 is 1.21 bits per heavy atom. The lowest BCUT2D eigenvalue weighted by atomic mass is 10.1. The molecule has 1 atom stereocenters. The zero-order valence-corrected chi connectivity index (χ0v) is 14.8. The van der Waals surface area contributed by atoms with Crippen molar-refractivity contribution in [2.75, 3.05) is 10.6 Å². The average molecular weight is 395 g/mol. The van der Waals surface area contributed by atoms with Crippen LogP contribution in [0.2, 0.25) is 0 Å². The maximum Gasteiger partial charge on any atom is 0.269 e. The number of carbonyl (C=O) groups is 2. The van der Waals surface area contributed by atoms with Crippen molar-refractivity contribution in [3.8, 4) is 11.1 Å². The zero-order valence-electron chi connectivity index (χ0n) is 14.8. The van der Waals surface area contributed by atoms with Gasteiger partial charge in [0.15, 0.2) is 0 Å². The van der Waals surface area contributed by atoms with Gasteiger partial charge in [-0.3, -0.25) is 19.7 Å². The first-order chi connectivity index (χ1) is 13.9. The molecule has 2 N–H and O–H groups in total. The highest BCUT2D eigenvalue weighted by molar-refractivity contribution is 6.04. The summed E-state index contributed by atoms with van der Waals surface area (Å²) in [5.74, 6) is -0.752. The molecule has 2 aromatic carbocycles. The van der Waals surface area contributed by atoms with E-state index in [1.54, 1.807) is 18.3 Å². The van der Waals surface area contributed by atoms with Crippen LogP contribution in [0.5, 0.6) is 0 Å². The van der Waals surface area contributed by atoms with Gasteiger partial charge < -0.3 is 10.6 Å². The van der Waals surface area contributed by atoms with Crippen LogP contribution in [-0.4, -0.2) is 26.5 Å². The second-order valence-electron chi connectivity index (χ2n) is 6.42. The quantitative estimate of drug-likeness (QED) is 0.508. The van der Waals surface area contributed by atoms with Gasteiger partial charge in [-0.1, -0.05) is 12.1 Å². The molecule has 0 saturated heterocycles. The molecular formula is C19H14FN5O4. The number of amides is 2. The molecule has 3 aromatic rings. The highest BCUT2D eigenvalue weighted by atomic mass is 19.1. The fraction of sp³-hybridized carbons (Fsp3) is 0.105. The summed E-state index contributed by atoms with van der Waals surface area (Å²) in [5, 5.41) is 20.2. The standard InChI is InChI=1S/C19H14FN5O4/c20-12-3-1-11(2-4-12)15-10-21-24-16(19(27)23-18(15)24)9-17(26)22-13-5-7-14(8-6-13)25(28)29/h1-8,10,16H,9H2,(H,22,26)(H,23,27). The first-order valence-electron chi connectivity index (χ1n) is 8.61. The van der Waals surface area contributed by atoms with Crippen LogP contribution in [0, 0.1) is 15.9 Å². The van der Waals surface area contributed by atoms with Gasteiger partial charge in [-0.25, -0.2) is 9.07 Å². The van der Waals surface area contributed by atoms with Crippen LogP contribution in [0.3, 0.4) is 0 Å². The maximum absolute atomic E-state index is 13.1. The lowest BCUT2D eigenvalue weighted by molar-refractivity contribution is -0.384. The predicted molar refractivity (Wildman–Crippen MR) is 102 cm³/mol. The summed E-state index contributed by atoms with van der Waals surface area (Å²) in [4.78, 5) is 34.8. The molecule has 1 aliphatic rings. The van der Waals surface area contributed by atoms with E-state index in [0.29, 0.717) is 22.6 Å². The van der Waals surface area contributed by atoms with Gasteiger partial charge >= 0.3 is 0 Å². The SMILES string of the molecule is O=C(CC1C(=O)Nc2c(-c3ccc(F)cc3)cnn21)Nc1ccc([N+](=O)[O-])cc1. The Bertz CT molecular complexity index is 1110. The molecule has 9 nitrogen and oxygen atoms in total. The van der Waals surface area contributed by atoms with E-state index in [1.165, 1.54) is 41.1 Å². The van der Waals surface area contributed by atoms with E-state index in [4.69, 9.17) is 0 Å². The minimum absolute atomic E-state index is 0.0901. The molecule has 10 heteroatoms. The fourth-order valence-corrected chi connectivity index (χ4v) is 3.11. The van der Waals surface area contributed by atoms with Crippen molar-refractivity contribution in [1.29, 1.82) is 0 Å². The first-order valence-corrected chi connectivity index (χ1v) is 8.61. The molecule has 2 amide bonds. The number of aromatic nitrogens is 2. The average Bonchev–Trinajstić information content (AvgIpc) is 3.22. The Hall–Kier alpha value is -4.08. The second-order valence-corrected chi connectivity index (χ2v) is 6.42. The van der Waals surface area contributed by atoms with E-state index in [1.807, 2.05) is 0 Å². The number of nitrogens with one attached hydrogen (secondary N) is 2. The zero-order chi connectivity index (χ0) is 20.5. The minimum atomic E-state index is -0.836. The van der Waals surface area contributed by atoms with Gasteiger partial charge in [0, 0.05) is 23.4 Å². The summed E-state index contributed by atoms with van der Waals surface area (Å²) in [6, 6.07) is 10.3. The fourth-order valence-electron chi connectivity index (χ4n) is 3.11. The van der Waals surface area contributed by atoms with Crippen molar-refractivity contribution >= 4 is 29.0 Å². The van der Waals surface area contributed by atoms with E-state index in [0.717, 1.165) is 0 Å². The number of fused-ring (bicyclic) bond motifs is 1. The molecule has 0 aliphatic carbocycles. The minimum Gasteiger partial charge on any atom is -0.326 e. The Balaban J connectivity index is 1.49. The Morgan fingerprint density at radius 2 is 1.90 bits per heavy atom.